The van der Waals surface area contributed by atoms with Gasteiger partial charge in [0.1, 0.15) is 0 Å². The third kappa shape index (κ3) is 1.48. The van der Waals surface area contributed by atoms with Crippen LogP contribution in [0, 0.1) is 0 Å². The Kier molecular flexibility index (Phi) is 2.23. The van der Waals surface area contributed by atoms with Gasteiger partial charge in [0.05, 0.1) is 0 Å². The summed E-state index contributed by atoms with van der Waals surface area (Å²) in [5.41, 5.74) is 2.07. The molecule has 0 fully saturated rings. The Labute approximate surface area is 82.1 Å². The van der Waals surface area contributed by atoms with Crippen molar-refractivity contribution in [1.29, 1.82) is 0 Å². The second-order valence-electron chi connectivity index (χ2n) is 3.15. The molecule has 1 heterocycles. The molecule has 0 spiro atoms. The van der Waals surface area contributed by atoms with E-state index in [1.165, 1.54) is 7.05 Å². The van der Waals surface area contributed by atoms with Gasteiger partial charge in [0.2, 0.25) is 0 Å². The van der Waals surface area contributed by atoms with Gasteiger partial charge in [-0.1, -0.05) is 18.2 Å². The molecule has 2 rings (SSSR count). The van der Waals surface area contributed by atoms with E-state index in [-0.39, 0.29) is 5.90 Å². The number of para-hydroxylation sites is 1. The molecule has 0 saturated carbocycles. The molecule has 0 unspecified atom stereocenters. The van der Waals surface area contributed by atoms with E-state index in [4.69, 9.17) is 0 Å². The highest BCUT2D eigenvalue weighted by molar-refractivity contribution is 5.87. The number of aromatic nitrogens is 1. The number of fused-ring (bicyclic) bond motifs is 1. The lowest BCUT2D eigenvalue weighted by atomic mass is 10.1. The Morgan fingerprint density at radius 1 is 1.43 bits per heavy atom. The van der Waals surface area contributed by atoms with E-state index in [9.17, 15) is 5.11 Å². The predicted molar refractivity (Wildman–Crippen MR) is 55.4 cm³/mol. The second kappa shape index (κ2) is 3.54. The molecule has 1 aromatic heterocycles. The van der Waals surface area contributed by atoms with Crippen molar-refractivity contribution in [3.05, 3.63) is 36.0 Å². The quantitative estimate of drug-likeness (QED) is 0.555. The van der Waals surface area contributed by atoms with Crippen LogP contribution < -0.4 is 5.11 Å². The molecule has 0 radical (unpaired) electrons. The Morgan fingerprint density at radius 3 is 3.00 bits per heavy atom. The summed E-state index contributed by atoms with van der Waals surface area (Å²) >= 11 is 0. The molecule has 3 heteroatoms. The van der Waals surface area contributed by atoms with E-state index in [1.54, 1.807) is 0 Å². The summed E-state index contributed by atoms with van der Waals surface area (Å²) in [6.45, 7) is 0. The zero-order chi connectivity index (χ0) is 9.97. The molecule has 72 valence electrons. The van der Waals surface area contributed by atoms with Crippen LogP contribution in [-0.2, 0) is 6.42 Å². The zero-order valence-corrected chi connectivity index (χ0v) is 7.95. The number of nitrogens with one attached hydrogen (secondary N) is 1. The first-order chi connectivity index (χ1) is 6.81. The van der Waals surface area contributed by atoms with Gasteiger partial charge in [0.25, 0.3) is 0 Å². The smallest absolute Gasteiger partial charge is 0.0456 e. The number of rotatable bonds is 2. The number of nitrogens with zero attached hydrogens (tertiary/aromatic N) is 1. The lowest BCUT2D eigenvalue weighted by molar-refractivity contribution is -0.217. The average Bonchev–Trinajstić information content (AvgIpc) is 2.62. The summed E-state index contributed by atoms with van der Waals surface area (Å²) in [6, 6.07) is 7.93. The number of aliphatic imine (C=N–C) groups is 1. The van der Waals surface area contributed by atoms with Crippen LogP contribution >= 0.6 is 0 Å². The van der Waals surface area contributed by atoms with Crippen LogP contribution in [0.3, 0.4) is 0 Å². The molecular formula is C11H11N2O-. The highest BCUT2D eigenvalue weighted by atomic mass is 16.3. The van der Waals surface area contributed by atoms with Gasteiger partial charge in [-0.25, -0.2) is 0 Å². The third-order valence-corrected chi connectivity index (χ3v) is 2.27. The Morgan fingerprint density at radius 2 is 2.21 bits per heavy atom. The van der Waals surface area contributed by atoms with Crippen molar-refractivity contribution < 1.29 is 5.11 Å². The van der Waals surface area contributed by atoms with E-state index >= 15 is 0 Å². The number of hydrogen-bond donors (Lipinski definition) is 1. The molecule has 0 amide bonds. The summed E-state index contributed by atoms with van der Waals surface area (Å²) in [5.74, 6) is -0.0882. The first-order valence-corrected chi connectivity index (χ1v) is 4.49. The Hall–Kier alpha value is -1.77. The fourth-order valence-corrected chi connectivity index (χ4v) is 1.52. The maximum atomic E-state index is 11.1. The van der Waals surface area contributed by atoms with Gasteiger partial charge in [0, 0.05) is 30.6 Å². The molecule has 0 aliphatic heterocycles. The molecule has 0 saturated heterocycles. The van der Waals surface area contributed by atoms with E-state index in [1.807, 2.05) is 30.5 Å². The Balaban J connectivity index is 2.43. The van der Waals surface area contributed by atoms with Gasteiger partial charge in [0.15, 0.2) is 0 Å². The van der Waals surface area contributed by atoms with Gasteiger partial charge >= 0.3 is 0 Å². The Bertz CT molecular complexity index is 471. The zero-order valence-electron chi connectivity index (χ0n) is 7.95. The topological polar surface area (TPSA) is 51.2 Å². The van der Waals surface area contributed by atoms with Crippen LogP contribution in [0.5, 0.6) is 0 Å². The minimum Gasteiger partial charge on any atom is -0.862 e. The number of hydrogen-bond acceptors (Lipinski definition) is 2. The van der Waals surface area contributed by atoms with Crippen molar-refractivity contribution >= 4 is 16.8 Å². The van der Waals surface area contributed by atoms with Gasteiger partial charge in [-0.3, -0.25) is 0 Å². The molecule has 1 aromatic carbocycles. The van der Waals surface area contributed by atoms with Crippen molar-refractivity contribution in [2.75, 3.05) is 7.05 Å². The predicted octanol–water partition coefficient (Wildman–Crippen LogP) is 1.10. The van der Waals surface area contributed by atoms with E-state index in [0.717, 1.165) is 16.5 Å². The fraction of sp³-hybridized carbons (Fsp3) is 0.182. The van der Waals surface area contributed by atoms with Crippen LogP contribution in [0.2, 0.25) is 0 Å². The van der Waals surface area contributed by atoms with Crippen molar-refractivity contribution in [2.24, 2.45) is 4.99 Å². The largest absolute Gasteiger partial charge is 0.862 e. The normalized spacial score (nSPS) is 12.2. The highest BCUT2D eigenvalue weighted by Crippen LogP contribution is 2.17. The summed E-state index contributed by atoms with van der Waals surface area (Å²) in [6.07, 6.45) is 2.24. The first-order valence-electron chi connectivity index (χ1n) is 4.49. The van der Waals surface area contributed by atoms with Crippen LogP contribution in [0.1, 0.15) is 5.56 Å². The number of benzene rings is 1. The van der Waals surface area contributed by atoms with Crippen molar-refractivity contribution in [2.45, 2.75) is 6.42 Å². The maximum Gasteiger partial charge on any atom is 0.0456 e. The molecule has 0 atom stereocenters. The highest BCUT2D eigenvalue weighted by Gasteiger charge is 2.01. The maximum absolute atomic E-state index is 11.1. The van der Waals surface area contributed by atoms with Gasteiger partial charge < -0.3 is 15.1 Å². The number of H-pyrrole nitrogens is 1. The molecular weight excluding hydrogens is 176 g/mol. The van der Waals surface area contributed by atoms with Gasteiger partial charge in [-0.05, 0) is 17.5 Å². The first kappa shape index (κ1) is 8.81. The molecule has 0 aliphatic rings. The monoisotopic (exact) mass is 187 g/mol. The SMILES string of the molecule is CN=C([O-])Cc1c[nH]c2ccccc12. The minimum absolute atomic E-state index is 0.0882. The lowest BCUT2D eigenvalue weighted by Crippen LogP contribution is -2.19. The summed E-state index contributed by atoms with van der Waals surface area (Å²) < 4.78 is 0. The molecule has 2 aromatic rings. The van der Waals surface area contributed by atoms with Crippen LogP contribution in [0.15, 0.2) is 35.5 Å². The van der Waals surface area contributed by atoms with Gasteiger partial charge in [-0.15, -0.1) is 0 Å². The molecule has 0 bridgehead atoms. The lowest BCUT2D eigenvalue weighted by Gasteiger charge is -2.07. The van der Waals surface area contributed by atoms with E-state index < -0.39 is 0 Å². The fourth-order valence-electron chi connectivity index (χ4n) is 1.52. The van der Waals surface area contributed by atoms with Crippen LogP contribution in [0.25, 0.3) is 10.9 Å². The van der Waals surface area contributed by atoms with Crippen molar-refractivity contribution in [1.82, 2.24) is 4.98 Å². The van der Waals surface area contributed by atoms with Crippen molar-refractivity contribution in [3.63, 3.8) is 0 Å². The molecule has 1 N–H and O–H groups in total. The average molecular weight is 187 g/mol. The van der Waals surface area contributed by atoms with E-state index in [2.05, 4.69) is 9.98 Å². The second-order valence-corrected chi connectivity index (χ2v) is 3.15. The third-order valence-electron chi connectivity index (χ3n) is 2.27. The van der Waals surface area contributed by atoms with Crippen LogP contribution in [0.4, 0.5) is 0 Å². The van der Waals surface area contributed by atoms with Crippen LogP contribution in [-0.4, -0.2) is 17.9 Å². The summed E-state index contributed by atoms with van der Waals surface area (Å²) in [7, 11) is 1.52. The molecule has 3 nitrogen and oxygen atoms in total. The van der Waals surface area contributed by atoms with Gasteiger partial charge in [-0.2, -0.15) is 0 Å². The minimum atomic E-state index is -0.0882. The van der Waals surface area contributed by atoms with Crippen molar-refractivity contribution in [3.8, 4) is 0 Å². The summed E-state index contributed by atoms with van der Waals surface area (Å²) in [5, 5.41) is 12.2. The van der Waals surface area contributed by atoms with E-state index in [0.29, 0.717) is 6.42 Å². The molecule has 0 aliphatic carbocycles. The number of aromatic amines is 1. The molecule has 14 heavy (non-hydrogen) atoms. The standard InChI is InChI=1S/C11H12N2O/c1-12-11(14)6-8-7-13-10-5-3-2-4-9(8)10/h2-5,7,13H,6H2,1H3,(H,12,14)/p-1. The summed E-state index contributed by atoms with van der Waals surface area (Å²) in [4.78, 5) is 6.74.